The lowest BCUT2D eigenvalue weighted by Crippen LogP contribution is -2.38. The number of hydrogen-bond acceptors (Lipinski definition) is 6. The number of pyridine rings is 2. The molecule has 4 aromatic rings. The van der Waals surface area contributed by atoms with Crippen LogP contribution in [-0.4, -0.2) is 37.6 Å². The van der Waals surface area contributed by atoms with Crippen LogP contribution in [0, 0.1) is 0 Å². The average molecular weight is 522 g/mol. The Bertz CT molecular complexity index is 1540. The summed E-state index contributed by atoms with van der Waals surface area (Å²) < 4.78 is 2.11. The summed E-state index contributed by atoms with van der Waals surface area (Å²) in [4.78, 5) is 33.9. The van der Waals surface area contributed by atoms with E-state index in [0.717, 1.165) is 53.4 Å². The van der Waals surface area contributed by atoms with Gasteiger partial charge in [-0.1, -0.05) is 30.4 Å². The number of carbonyl (C=O) groups excluding carboxylic acids is 2. The lowest BCUT2D eigenvalue weighted by Gasteiger charge is -2.30. The number of nitrogens with two attached hydrogens (primary N) is 1. The molecule has 1 aromatic carbocycles. The van der Waals surface area contributed by atoms with Gasteiger partial charge in [-0.25, -0.2) is 9.97 Å². The monoisotopic (exact) mass is 521 g/mol. The Morgan fingerprint density at radius 2 is 1.95 bits per heavy atom. The number of aromatic nitrogens is 4. The van der Waals surface area contributed by atoms with Crippen molar-refractivity contribution in [3.63, 3.8) is 0 Å². The van der Waals surface area contributed by atoms with Gasteiger partial charge < -0.3 is 16.4 Å². The third-order valence-electron chi connectivity index (χ3n) is 7.56. The van der Waals surface area contributed by atoms with E-state index in [2.05, 4.69) is 37.4 Å². The summed E-state index contributed by atoms with van der Waals surface area (Å²) in [6.07, 6.45) is 13.3. The van der Waals surface area contributed by atoms with E-state index in [1.54, 1.807) is 30.5 Å². The summed E-state index contributed by atoms with van der Waals surface area (Å²) in [6, 6.07) is 13.0. The fourth-order valence-corrected chi connectivity index (χ4v) is 5.64. The Morgan fingerprint density at radius 1 is 1.08 bits per heavy atom. The maximum atomic E-state index is 12.8. The third-order valence-corrected chi connectivity index (χ3v) is 7.56. The first kappa shape index (κ1) is 24.8. The van der Waals surface area contributed by atoms with Gasteiger partial charge in [0.05, 0.1) is 16.9 Å². The first-order valence-corrected chi connectivity index (χ1v) is 13.5. The number of nitrogen functional groups attached to an aromatic ring is 1. The summed E-state index contributed by atoms with van der Waals surface area (Å²) in [5.74, 6) is 0.799. The van der Waals surface area contributed by atoms with Crippen LogP contribution in [-0.2, 0) is 11.2 Å². The molecule has 6 rings (SSSR count). The van der Waals surface area contributed by atoms with Crippen LogP contribution in [0.5, 0.6) is 0 Å². The van der Waals surface area contributed by atoms with Crippen molar-refractivity contribution in [2.75, 3.05) is 11.1 Å². The van der Waals surface area contributed by atoms with Crippen molar-refractivity contribution in [3.8, 4) is 11.3 Å². The molecule has 0 saturated heterocycles. The average Bonchev–Trinajstić information content (AvgIpc) is 3.36. The largest absolute Gasteiger partial charge is 0.383 e. The van der Waals surface area contributed by atoms with Crippen LogP contribution in [0.2, 0.25) is 0 Å². The summed E-state index contributed by atoms with van der Waals surface area (Å²) in [5, 5.41) is 12.0. The molecule has 3 aromatic heterocycles. The van der Waals surface area contributed by atoms with Gasteiger partial charge in [-0.05, 0) is 62.8 Å². The van der Waals surface area contributed by atoms with E-state index in [1.807, 2.05) is 24.4 Å². The minimum atomic E-state index is -0.234. The van der Waals surface area contributed by atoms with Gasteiger partial charge in [-0.3, -0.25) is 14.3 Å². The highest BCUT2D eigenvalue weighted by Crippen LogP contribution is 2.38. The van der Waals surface area contributed by atoms with E-state index in [1.165, 1.54) is 0 Å². The molecular formula is C30H31N7O2. The quantitative estimate of drug-likeness (QED) is 0.332. The molecule has 4 N–H and O–H groups in total. The molecule has 0 radical (unpaired) electrons. The summed E-state index contributed by atoms with van der Waals surface area (Å²) in [6.45, 7) is 0. The highest BCUT2D eigenvalue weighted by atomic mass is 16.2. The number of rotatable bonds is 3. The summed E-state index contributed by atoms with van der Waals surface area (Å²) in [5.41, 5.74) is 10.7. The van der Waals surface area contributed by atoms with Crippen molar-refractivity contribution >= 4 is 34.4 Å². The van der Waals surface area contributed by atoms with Gasteiger partial charge in [0, 0.05) is 41.5 Å². The molecule has 2 amide bonds. The number of fused-ring (bicyclic) bond motifs is 3. The molecule has 4 heterocycles. The fourth-order valence-electron chi connectivity index (χ4n) is 5.64. The number of allylic oxidation sites excluding steroid dienone is 2. The van der Waals surface area contributed by atoms with Gasteiger partial charge in [-0.15, -0.1) is 0 Å². The minimum Gasteiger partial charge on any atom is -0.383 e. The lowest BCUT2D eigenvalue weighted by atomic mass is 9.90. The first-order valence-electron chi connectivity index (χ1n) is 13.5. The number of hydrogen-bond donors (Lipinski definition) is 3. The second-order valence-corrected chi connectivity index (χ2v) is 10.2. The van der Waals surface area contributed by atoms with Crippen molar-refractivity contribution in [2.45, 2.75) is 57.0 Å². The molecule has 1 aliphatic carbocycles. The molecule has 1 aliphatic heterocycles. The molecule has 9 nitrogen and oxygen atoms in total. The molecule has 0 spiro atoms. The van der Waals surface area contributed by atoms with E-state index >= 15 is 0 Å². The highest BCUT2D eigenvalue weighted by Gasteiger charge is 2.29. The lowest BCUT2D eigenvalue weighted by molar-refractivity contribution is -0.122. The van der Waals surface area contributed by atoms with Crippen LogP contribution in [0.4, 0.5) is 11.6 Å². The van der Waals surface area contributed by atoms with Gasteiger partial charge in [0.15, 0.2) is 0 Å². The number of nitrogens with zero attached hydrogens (tertiary/aromatic N) is 4. The van der Waals surface area contributed by atoms with Gasteiger partial charge in [0.1, 0.15) is 17.3 Å². The second kappa shape index (κ2) is 10.7. The van der Waals surface area contributed by atoms with E-state index < -0.39 is 0 Å². The van der Waals surface area contributed by atoms with Gasteiger partial charge >= 0.3 is 0 Å². The molecule has 1 saturated carbocycles. The minimum absolute atomic E-state index is 0.103. The van der Waals surface area contributed by atoms with Crippen molar-refractivity contribution in [1.29, 1.82) is 0 Å². The standard InChI is InChI=1S/C30H31N7O2/c31-29-26-27(19-12-14-20(15-13-19)30(39)35-24-10-4-5-16-32-24)36-37-23-9-6-8-22(17-23)34-25(38)11-3-1-2-7-21(18-33-29)28(26)37/h1-2,4-5,10,12-16,18,22-23H,3,6-9,11,17H2,(H2,31,33)(H,34,38)(H,32,35,39)/b2-1-/t22-,23-/m1/s1. The molecule has 2 aliphatic rings. The molecule has 198 valence electrons. The van der Waals surface area contributed by atoms with E-state index in [9.17, 15) is 9.59 Å². The van der Waals surface area contributed by atoms with Crippen molar-refractivity contribution in [2.24, 2.45) is 0 Å². The molecule has 2 atom stereocenters. The fraction of sp³-hybridized carbons (Fsp3) is 0.300. The van der Waals surface area contributed by atoms with E-state index in [-0.39, 0.29) is 23.9 Å². The van der Waals surface area contributed by atoms with Gasteiger partial charge in [-0.2, -0.15) is 5.10 Å². The number of nitrogens with one attached hydrogen (secondary N) is 2. The number of anilines is 2. The van der Waals surface area contributed by atoms with Crippen molar-refractivity contribution in [3.05, 3.63) is 78.1 Å². The van der Waals surface area contributed by atoms with Crippen LogP contribution < -0.4 is 16.4 Å². The smallest absolute Gasteiger partial charge is 0.256 e. The summed E-state index contributed by atoms with van der Waals surface area (Å²) in [7, 11) is 0. The third kappa shape index (κ3) is 5.12. The number of benzene rings is 1. The highest BCUT2D eigenvalue weighted by molar-refractivity contribution is 6.05. The molecule has 39 heavy (non-hydrogen) atoms. The zero-order valence-corrected chi connectivity index (χ0v) is 21.6. The maximum absolute atomic E-state index is 12.8. The molecule has 9 heteroatoms. The SMILES string of the molecule is Nc1ncc2c3c1c(-c1ccc(C(=O)Nc4ccccn4)cc1)nn3[C@@H]1CCC[C@H](C1)NC(=O)CC/C=C\C2. The molecule has 1 fully saturated rings. The van der Waals surface area contributed by atoms with Crippen LogP contribution in [0.1, 0.15) is 60.5 Å². The second-order valence-electron chi connectivity index (χ2n) is 10.2. The predicted molar refractivity (Wildman–Crippen MR) is 151 cm³/mol. The van der Waals surface area contributed by atoms with Crippen molar-refractivity contribution in [1.82, 2.24) is 25.1 Å². The molecular weight excluding hydrogens is 490 g/mol. The summed E-state index contributed by atoms with van der Waals surface area (Å²) >= 11 is 0. The van der Waals surface area contributed by atoms with E-state index in [0.29, 0.717) is 36.5 Å². The van der Waals surface area contributed by atoms with Crippen LogP contribution in [0.25, 0.3) is 22.2 Å². The Hall–Kier alpha value is -4.53. The Balaban J connectivity index is 1.40. The van der Waals surface area contributed by atoms with Crippen LogP contribution in [0.3, 0.4) is 0 Å². The first-order chi connectivity index (χ1) is 19.1. The Morgan fingerprint density at radius 3 is 2.77 bits per heavy atom. The van der Waals surface area contributed by atoms with E-state index in [4.69, 9.17) is 10.8 Å². The molecule has 0 unspecified atom stereocenters. The Kier molecular flexibility index (Phi) is 6.79. The van der Waals surface area contributed by atoms with Crippen molar-refractivity contribution < 1.29 is 9.59 Å². The normalized spacial score (nSPS) is 20.3. The molecule has 2 bridgehead atoms. The number of amides is 2. The van der Waals surface area contributed by atoms with Gasteiger partial charge in [0.2, 0.25) is 5.91 Å². The van der Waals surface area contributed by atoms with Crippen LogP contribution in [0.15, 0.2) is 67.0 Å². The Labute approximate surface area is 226 Å². The van der Waals surface area contributed by atoms with Gasteiger partial charge in [0.25, 0.3) is 5.91 Å². The van der Waals surface area contributed by atoms with Crippen LogP contribution >= 0.6 is 0 Å². The number of carbonyl (C=O) groups is 2. The zero-order chi connectivity index (χ0) is 26.8. The maximum Gasteiger partial charge on any atom is 0.256 e. The predicted octanol–water partition coefficient (Wildman–Crippen LogP) is 4.82. The topological polar surface area (TPSA) is 128 Å². The zero-order valence-electron chi connectivity index (χ0n) is 21.6.